The van der Waals surface area contributed by atoms with Gasteiger partial charge in [-0.25, -0.2) is 4.68 Å². The van der Waals surface area contributed by atoms with Gasteiger partial charge in [0.15, 0.2) is 0 Å². The first-order chi connectivity index (χ1) is 13.4. The number of thioether (sulfide) groups is 1. The maximum atomic E-state index is 12.4. The normalized spacial score (nSPS) is 17.7. The highest BCUT2D eigenvalue weighted by molar-refractivity contribution is 8.00. The number of amides is 1. The number of carbonyl (C=O) groups is 1. The minimum absolute atomic E-state index is 0.0288. The van der Waals surface area contributed by atoms with Crippen LogP contribution < -0.4 is 10.1 Å². The van der Waals surface area contributed by atoms with E-state index in [1.54, 1.807) is 11.6 Å². The maximum absolute atomic E-state index is 12.4. The lowest BCUT2D eigenvalue weighted by Gasteiger charge is -2.14. The number of halogens is 3. The Balaban J connectivity index is 1.58. The fourth-order valence-electron chi connectivity index (χ4n) is 2.60. The third-order valence-electron chi connectivity index (χ3n) is 3.97. The Bertz CT molecular complexity index is 819. The van der Waals surface area contributed by atoms with Gasteiger partial charge in [0.25, 0.3) is 0 Å². The predicted octanol–water partition coefficient (Wildman–Crippen LogP) is 3.23. The van der Waals surface area contributed by atoms with E-state index >= 15 is 0 Å². The second-order valence-corrected chi connectivity index (χ2v) is 7.77. The number of alkyl halides is 2. The summed E-state index contributed by atoms with van der Waals surface area (Å²) in [6.45, 7) is -0.00107. The van der Waals surface area contributed by atoms with E-state index in [9.17, 15) is 13.6 Å². The zero-order chi connectivity index (χ0) is 20.1. The molecule has 1 aromatic carbocycles. The van der Waals surface area contributed by atoms with Crippen LogP contribution in [0.4, 0.5) is 14.5 Å². The number of nitrogens with one attached hydrogen (secondary N) is 1. The van der Waals surface area contributed by atoms with Crippen molar-refractivity contribution < 1.29 is 23.0 Å². The summed E-state index contributed by atoms with van der Waals surface area (Å²) in [7, 11) is 0. The van der Waals surface area contributed by atoms with E-state index < -0.39 is 11.9 Å². The van der Waals surface area contributed by atoms with Gasteiger partial charge in [-0.05, 0) is 48.4 Å². The zero-order valence-corrected chi connectivity index (χ0v) is 16.4. The number of rotatable bonds is 8. The average Bonchev–Trinajstić information content (AvgIpc) is 3.30. The van der Waals surface area contributed by atoms with Gasteiger partial charge in [-0.1, -0.05) is 23.4 Å². The number of carbonyl (C=O) groups excluding carboxylic acids is 1. The van der Waals surface area contributed by atoms with Crippen molar-refractivity contribution in [1.82, 2.24) is 20.2 Å². The van der Waals surface area contributed by atoms with Crippen molar-refractivity contribution in [2.24, 2.45) is 0 Å². The van der Waals surface area contributed by atoms with Crippen LogP contribution in [0.3, 0.4) is 0 Å². The summed E-state index contributed by atoms with van der Waals surface area (Å²) < 4.78 is 36.0. The van der Waals surface area contributed by atoms with Crippen LogP contribution in [0, 0.1) is 0 Å². The van der Waals surface area contributed by atoms with Gasteiger partial charge in [0, 0.05) is 12.3 Å². The summed E-state index contributed by atoms with van der Waals surface area (Å²) in [6.07, 6.45) is 2.03. The van der Waals surface area contributed by atoms with Crippen molar-refractivity contribution in [3.05, 3.63) is 23.2 Å². The van der Waals surface area contributed by atoms with E-state index in [1.807, 2.05) is 0 Å². The Hall–Kier alpha value is -1.98. The molecule has 1 aliphatic rings. The van der Waals surface area contributed by atoms with E-state index in [1.165, 1.54) is 30.0 Å². The number of hydrogen-bond donors (Lipinski definition) is 1. The van der Waals surface area contributed by atoms with E-state index in [4.69, 9.17) is 16.3 Å². The third kappa shape index (κ3) is 5.52. The molecule has 0 radical (unpaired) electrons. The first kappa shape index (κ1) is 20.7. The first-order valence-electron chi connectivity index (χ1n) is 8.52. The topological polar surface area (TPSA) is 91.2 Å². The fraction of sp³-hybridized carbons (Fsp3) is 0.500. The highest BCUT2D eigenvalue weighted by Gasteiger charge is 2.22. The molecule has 3 rings (SSSR count). The Morgan fingerprint density at radius 2 is 2.36 bits per heavy atom. The van der Waals surface area contributed by atoms with Gasteiger partial charge in [-0.2, -0.15) is 8.78 Å². The van der Waals surface area contributed by atoms with Crippen molar-refractivity contribution in [3.63, 3.8) is 0 Å². The molecule has 2 atom stereocenters. The summed E-state index contributed by atoms with van der Waals surface area (Å²) in [5.74, 6) is -0.472. The molecular weight excluding hydrogens is 416 g/mol. The first-order valence-corrected chi connectivity index (χ1v) is 9.78. The average molecular weight is 434 g/mol. The van der Waals surface area contributed by atoms with Crippen molar-refractivity contribution in [3.8, 4) is 5.75 Å². The SMILES string of the molecule is C[C@H](Sc1nnnn1C[C@H]1CCCO1)C(=O)Nc1ccc(OC(F)F)c(Cl)c1. The fourth-order valence-corrected chi connectivity index (χ4v) is 3.63. The molecule has 0 aliphatic carbocycles. The quantitative estimate of drug-likeness (QED) is 0.639. The Labute approximate surface area is 168 Å². The molecular formula is C16H18ClF2N5O3S. The molecule has 1 aliphatic heterocycles. The van der Waals surface area contributed by atoms with Gasteiger partial charge in [-0.15, -0.1) is 5.10 Å². The molecule has 0 bridgehead atoms. The van der Waals surface area contributed by atoms with Crippen molar-refractivity contribution in [1.29, 1.82) is 0 Å². The number of ether oxygens (including phenoxy) is 2. The zero-order valence-electron chi connectivity index (χ0n) is 14.8. The molecule has 152 valence electrons. The largest absolute Gasteiger partial charge is 0.433 e. The monoisotopic (exact) mass is 433 g/mol. The second-order valence-electron chi connectivity index (χ2n) is 6.05. The van der Waals surface area contributed by atoms with Crippen LogP contribution >= 0.6 is 23.4 Å². The second kappa shape index (κ2) is 9.48. The number of hydrogen-bond acceptors (Lipinski definition) is 7. The predicted molar refractivity (Wildman–Crippen MR) is 98.8 cm³/mol. The molecule has 1 N–H and O–H groups in total. The summed E-state index contributed by atoms with van der Waals surface area (Å²) in [5, 5.41) is 14.2. The smallest absolute Gasteiger partial charge is 0.387 e. The molecule has 0 unspecified atom stereocenters. The van der Waals surface area contributed by atoms with Gasteiger partial charge in [-0.3, -0.25) is 4.79 Å². The minimum atomic E-state index is -2.98. The van der Waals surface area contributed by atoms with E-state index in [-0.39, 0.29) is 22.8 Å². The molecule has 2 heterocycles. The number of anilines is 1. The Kier molecular flexibility index (Phi) is 7.03. The number of benzene rings is 1. The Morgan fingerprint density at radius 3 is 3.04 bits per heavy atom. The van der Waals surface area contributed by atoms with Crippen molar-refractivity contribution in [2.45, 2.75) is 49.4 Å². The van der Waals surface area contributed by atoms with Crippen LogP contribution in [0.2, 0.25) is 5.02 Å². The minimum Gasteiger partial charge on any atom is -0.433 e. The lowest BCUT2D eigenvalue weighted by molar-refractivity contribution is -0.115. The molecule has 0 spiro atoms. The van der Waals surface area contributed by atoms with Crippen LogP contribution in [0.5, 0.6) is 5.75 Å². The van der Waals surface area contributed by atoms with Gasteiger partial charge in [0.1, 0.15) is 5.75 Å². The number of nitrogens with zero attached hydrogens (tertiary/aromatic N) is 4. The summed E-state index contributed by atoms with van der Waals surface area (Å²) in [5.41, 5.74) is 0.364. The third-order valence-corrected chi connectivity index (χ3v) is 5.33. The van der Waals surface area contributed by atoms with E-state index in [2.05, 4.69) is 25.6 Å². The Morgan fingerprint density at radius 1 is 1.54 bits per heavy atom. The summed E-state index contributed by atoms with van der Waals surface area (Å²) in [6, 6.07) is 4.04. The van der Waals surface area contributed by atoms with Crippen LogP contribution in [0.1, 0.15) is 19.8 Å². The number of tetrazole rings is 1. The lowest BCUT2D eigenvalue weighted by atomic mass is 10.2. The van der Waals surface area contributed by atoms with Crippen molar-refractivity contribution >= 4 is 35.0 Å². The van der Waals surface area contributed by atoms with E-state index in [0.29, 0.717) is 17.4 Å². The maximum Gasteiger partial charge on any atom is 0.387 e. The highest BCUT2D eigenvalue weighted by atomic mass is 35.5. The molecule has 28 heavy (non-hydrogen) atoms. The molecule has 1 fully saturated rings. The van der Waals surface area contributed by atoms with Crippen LogP contribution in [-0.4, -0.2) is 50.7 Å². The van der Waals surface area contributed by atoms with Gasteiger partial charge in [0.05, 0.1) is 22.9 Å². The highest BCUT2D eigenvalue weighted by Crippen LogP contribution is 2.30. The molecule has 1 amide bonds. The van der Waals surface area contributed by atoms with Gasteiger partial charge in [0.2, 0.25) is 11.1 Å². The molecule has 8 nitrogen and oxygen atoms in total. The van der Waals surface area contributed by atoms with Gasteiger partial charge >= 0.3 is 6.61 Å². The van der Waals surface area contributed by atoms with Crippen LogP contribution in [0.15, 0.2) is 23.4 Å². The molecule has 2 aromatic rings. The summed E-state index contributed by atoms with van der Waals surface area (Å²) >= 11 is 7.10. The molecule has 1 saturated heterocycles. The van der Waals surface area contributed by atoms with Crippen LogP contribution in [0.25, 0.3) is 0 Å². The molecule has 12 heteroatoms. The van der Waals surface area contributed by atoms with E-state index in [0.717, 1.165) is 19.4 Å². The van der Waals surface area contributed by atoms with Crippen molar-refractivity contribution in [2.75, 3.05) is 11.9 Å². The van der Waals surface area contributed by atoms with Gasteiger partial charge < -0.3 is 14.8 Å². The number of aromatic nitrogens is 4. The molecule has 1 aromatic heterocycles. The molecule has 0 saturated carbocycles. The lowest BCUT2D eigenvalue weighted by Crippen LogP contribution is -2.23. The van der Waals surface area contributed by atoms with Crippen LogP contribution in [-0.2, 0) is 16.1 Å². The summed E-state index contributed by atoms with van der Waals surface area (Å²) in [4.78, 5) is 12.4. The standard InChI is InChI=1S/C16H18ClF2N5O3S/c1-9(28-16-21-22-23-24(16)8-11-3-2-6-26-11)14(25)20-10-4-5-13(12(17)7-10)27-15(18)19/h4-5,7,9,11,15H,2-3,6,8H2,1H3,(H,20,25)/t9-,11+/m0/s1.